The lowest BCUT2D eigenvalue weighted by Gasteiger charge is -2.06. The lowest BCUT2D eigenvalue weighted by atomic mass is 10.2. The Bertz CT molecular complexity index is 704. The van der Waals surface area contributed by atoms with Crippen LogP contribution in [0.2, 0.25) is 0 Å². The molecule has 2 aromatic rings. The Balaban J connectivity index is 1.91. The Morgan fingerprint density at radius 3 is 3.00 bits per heavy atom. The van der Waals surface area contributed by atoms with E-state index in [-0.39, 0.29) is 5.91 Å². The van der Waals surface area contributed by atoms with Gasteiger partial charge in [0, 0.05) is 0 Å². The van der Waals surface area contributed by atoms with Crippen LogP contribution in [-0.2, 0) is 11.4 Å². The van der Waals surface area contributed by atoms with E-state index in [2.05, 4.69) is 30.0 Å². The van der Waals surface area contributed by atoms with Crippen molar-refractivity contribution in [2.45, 2.75) is 0 Å². The van der Waals surface area contributed by atoms with Crippen LogP contribution >= 0.6 is 15.9 Å². The number of benzene rings is 1. The fraction of sp³-hybridized carbons (Fsp3) is 0. The molecule has 18 heavy (non-hydrogen) atoms. The molecule has 1 aromatic carbocycles. The minimum atomic E-state index is -0.254. The van der Waals surface area contributed by atoms with Crippen molar-refractivity contribution in [1.82, 2.24) is 0 Å². The summed E-state index contributed by atoms with van der Waals surface area (Å²) < 4.78 is 13.7. The Kier molecular flexibility index (Phi) is 2.85. The standard InChI is InChI=1S/C11H6BrN3O2S/c12-10-6(4-5-17-10)11(16)13-7-2-1-3-8-9(7)15-18-14-8/h1-5H,(H,13,16). The molecule has 0 spiro atoms. The average molecular weight is 324 g/mol. The summed E-state index contributed by atoms with van der Waals surface area (Å²) in [4.78, 5) is 12.0. The van der Waals surface area contributed by atoms with E-state index in [0.717, 1.165) is 17.0 Å². The first kappa shape index (κ1) is 11.4. The van der Waals surface area contributed by atoms with E-state index in [4.69, 9.17) is 4.42 Å². The van der Waals surface area contributed by atoms with Gasteiger partial charge in [0.15, 0.2) is 4.67 Å². The van der Waals surface area contributed by atoms with Gasteiger partial charge in [-0.05, 0) is 34.1 Å². The molecule has 1 amide bonds. The Morgan fingerprint density at radius 1 is 1.33 bits per heavy atom. The molecule has 2 heterocycles. The van der Waals surface area contributed by atoms with Crippen LogP contribution in [0.3, 0.4) is 0 Å². The molecule has 0 unspecified atom stereocenters. The zero-order valence-electron chi connectivity index (χ0n) is 8.88. The Hall–Kier alpha value is -1.73. The molecule has 1 N–H and O–H groups in total. The van der Waals surface area contributed by atoms with Gasteiger partial charge in [0.25, 0.3) is 5.91 Å². The number of hydrogen-bond acceptors (Lipinski definition) is 4. The molecular formula is C11H6BrN3O2S. The highest BCUT2D eigenvalue weighted by atomic mass is 79.9. The van der Waals surface area contributed by atoms with Crippen LogP contribution in [0.4, 0.5) is 17.1 Å². The molecule has 0 radical (unpaired) electrons. The number of anilines is 1. The predicted molar refractivity (Wildman–Crippen MR) is 72.3 cm³/mol. The van der Waals surface area contributed by atoms with Crippen LogP contribution in [0, 0.1) is 0 Å². The molecule has 3 rings (SSSR count). The monoisotopic (exact) mass is 323 g/mol. The summed E-state index contributed by atoms with van der Waals surface area (Å²) in [6, 6.07) is 7.06. The van der Waals surface area contributed by atoms with Crippen LogP contribution in [0.5, 0.6) is 0 Å². The van der Waals surface area contributed by atoms with Crippen molar-refractivity contribution in [2.75, 3.05) is 5.32 Å². The van der Waals surface area contributed by atoms with Crippen LogP contribution in [0.25, 0.3) is 0 Å². The quantitative estimate of drug-likeness (QED) is 0.773. The highest BCUT2D eigenvalue weighted by Gasteiger charge is 2.16. The van der Waals surface area contributed by atoms with E-state index in [1.165, 1.54) is 6.26 Å². The molecule has 5 nitrogen and oxygen atoms in total. The van der Waals surface area contributed by atoms with Crippen LogP contribution in [0.1, 0.15) is 10.4 Å². The molecule has 1 aliphatic rings. The fourth-order valence-corrected chi connectivity index (χ4v) is 2.52. The first-order chi connectivity index (χ1) is 8.75. The molecule has 90 valence electrons. The second-order valence-corrected chi connectivity index (χ2v) is 4.75. The van der Waals surface area contributed by atoms with Crippen molar-refractivity contribution in [3.05, 3.63) is 40.8 Å². The first-order valence-electron chi connectivity index (χ1n) is 5.01. The van der Waals surface area contributed by atoms with Gasteiger partial charge in [0.05, 0.1) is 28.9 Å². The second kappa shape index (κ2) is 4.51. The van der Waals surface area contributed by atoms with Crippen molar-refractivity contribution in [3.8, 4) is 0 Å². The number of fused-ring (bicyclic) bond motifs is 1. The molecule has 0 saturated heterocycles. The summed E-state index contributed by atoms with van der Waals surface area (Å²) in [5.41, 5.74) is 2.54. The molecule has 0 saturated carbocycles. The second-order valence-electron chi connectivity index (χ2n) is 3.50. The number of nitrogens with zero attached hydrogens (tertiary/aromatic N) is 2. The van der Waals surface area contributed by atoms with Crippen LogP contribution in [-0.4, -0.2) is 5.91 Å². The van der Waals surface area contributed by atoms with E-state index in [9.17, 15) is 4.79 Å². The smallest absolute Gasteiger partial charge is 0.260 e. The van der Waals surface area contributed by atoms with Gasteiger partial charge in [0.2, 0.25) is 0 Å². The summed E-state index contributed by atoms with van der Waals surface area (Å²) in [6.07, 6.45) is 1.45. The summed E-state index contributed by atoms with van der Waals surface area (Å²) in [5.74, 6) is -0.254. The number of rotatable bonds is 2. The molecule has 1 aromatic heterocycles. The number of halogens is 1. The van der Waals surface area contributed by atoms with Gasteiger partial charge < -0.3 is 9.73 Å². The maximum atomic E-state index is 12.0. The minimum Gasteiger partial charge on any atom is -0.457 e. The van der Waals surface area contributed by atoms with E-state index in [0.29, 0.717) is 21.6 Å². The topological polar surface area (TPSA) is 67.0 Å². The van der Waals surface area contributed by atoms with Gasteiger partial charge in [-0.2, -0.15) is 8.73 Å². The first-order valence-corrected chi connectivity index (χ1v) is 6.53. The Labute approximate surface area is 114 Å². The van der Waals surface area contributed by atoms with Gasteiger partial charge in [-0.3, -0.25) is 4.79 Å². The minimum absolute atomic E-state index is 0.254. The molecule has 0 bridgehead atoms. The van der Waals surface area contributed by atoms with E-state index in [1.807, 2.05) is 12.1 Å². The van der Waals surface area contributed by atoms with E-state index < -0.39 is 0 Å². The van der Waals surface area contributed by atoms with Crippen molar-refractivity contribution in [1.29, 1.82) is 0 Å². The lowest BCUT2D eigenvalue weighted by molar-refractivity contribution is 0.102. The van der Waals surface area contributed by atoms with Gasteiger partial charge in [-0.25, -0.2) is 0 Å². The zero-order valence-corrected chi connectivity index (χ0v) is 11.3. The molecular weight excluding hydrogens is 318 g/mol. The van der Waals surface area contributed by atoms with E-state index in [1.54, 1.807) is 12.1 Å². The maximum absolute atomic E-state index is 12.0. The van der Waals surface area contributed by atoms with Gasteiger partial charge in [0.1, 0.15) is 11.4 Å². The SMILES string of the molecule is O=C(Nc1cccc2c1N=S=N2)c1ccoc1Br. The summed E-state index contributed by atoms with van der Waals surface area (Å²) in [5, 5.41) is 2.79. The van der Waals surface area contributed by atoms with Crippen LogP contribution < -0.4 is 5.32 Å². The highest BCUT2D eigenvalue weighted by molar-refractivity contribution is 9.10. The van der Waals surface area contributed by atoms with Crippen molar-refractivity contribution >= 4 is 50.3 Å². The molecule has 0 atom stereocenters. The summed E-state index contributed by atoms with van der Waals surface area (Å²) in [6.45, 7) is 0. The summed E-state index contributed by atoms with van der Waals surface area (Å²) in [7, 11) is 0. The fourth-order valence-electron chi connectivity index (χ4n) is 1.55. The lowest BCUT2D eigenvalue weighted by Crippen LogP contribution is -2.11. The van der Waals surface area contributed by atoms with E-state index >= 15 is 0 Å². The van der Waals surface area contributed by atoms with Gasteiger partial charge in [-0.15, -0.1) is 0 Å². The number of carbonyl (C=O) groups excluding carboxylic acids is 1. The molecule has 0 aliphatic carbocycles. The number of furan rings is 1. The molecule has 1 aliphatic heterocycles. The van der Waals surface area contributed by atoms with Crippen molar-refractivity contribution in [2.24, 2.45) is 8.73 Å². The highest BCUT2D eigenvalue weighted by Crippen LogP contribution is 2.38. The number of hydrogen-bond donors (Lipinski definition) is 1. The number of amides is 1. The number of nitrogens with one attached hydrogen (secondary N) is 1. The zero-order chi connectivity index (χ0) is 12.5. The van der Waals surface area contributed by atoms with Crippen LogP contribution in [0.15, 0.2) is 48.3 Å². The normalized spacial score (nSPS) is 12.1. The van der Waals surface area contributed by atoms with Crippen molar-refractivity contribution in [3.63, 3.8) is 0 Å². The number of carbonyl (C=O) groups is 1. The average Bonchev–Trinajstić information content (AvgIpc) is 2.97. The largest absolute Gasteiger partial charge is 0.457 e. The Morgan fingerprint density at radius 2 is 2.22 bits per heavy atom. The van der Waals surface area contributed by atoms with Gasteiger partial charge >= 0.3 is 0 Å². The van der Waals surface area contributed by atoms with Crippen molar-refractivity contribution < 1.29 is 9.21 Å². The maximum Gasteiger partial charge on any atom is 0.260 e. The molecule has 0 fully saturated rings. The summed E-state index contributed by atoms with van der Waals surface area (Å²) >= 11 is 4.28. The van der Waals surface area contributed by atoms with Gasteiger partial charge in [-0.1, -0.05) is 6.07 Å². The molecule has 7 heteroatoms. The third-order valence-corrected chi connectivity index (χ3v) is 3.55. The third-order valence-electron chi connectivity index (χ3n) is 2.40. The third kappa shape index (κ3) is 1.91. The predicted octanol–water partition coefficient (Wildman–Crippen LogP) is 4.02.